The van der Waals surface area contributed by atoms with Crippen LogP contribution in [0, 0.1) is 5.41 Å². The number of halogens is 1. The number of nitrogens with one attached hydrogen (secondary N) is 1. The quantitative estimate of drug-likeness (QED) is 0.515. The number of alkyl halides is 1. The lowest BCUT2D eigenvalue weighted by Gasteiger charge is -2.21. The molecule has 0 aliphatic carbocycles. The van der Waals surface area contributed by atoms with Gasteiger partial charge in [0, 0.05) is 24.7 Å². The average Bonchev–Trinajstić information content (AvgIpc) is 1.99. The van der Waals surface area contributed by atoms with Crippen LogP contribution in [0.4, 0.5) is 0 Å². The summed E-state index contributed by atoms with van der Waals surface area (Å²) in [5.74, 6) is 1.90. The van der Waals surface area contributed by atoms with E-state index in [1.807, 2.05) is 11.8 Å². The van der Waals surface area contributed by atoms with Crippen LogP contribution in [0.25, 0.3) is 0 Å². The molecule has 0 aromatic carbocycles. The molecule has 0 amide bonds. The van der Waals surface area contributed by atoms with Gasteiger partial charge >= 0.3 is 0 Å². The van der Waals surface area contributed by atoms with Crippen LogP contribution in [-0.2, 0) is 0 Å². The van der Waals surface area contributed by atoms with Gasteiger partial charge in [-0.1, -0.05) is 13.8 Å². The predicted molar refractivity (Wildman–Crippen MR) is 55.8 cm³/mol. The summed E-state index contributed by atoms with van der Waals surface area (Å²) in [5.41, 5.74) is 0.236. The summed E-state index contributed by atoms with van der Waals surface area (Å²) in [6.45, 7) is 6.44. The van der Waals surface area contributed by atoms with Crippen LogP contribution in [0.1, 0.15) is 13.8 Å². The van der Waals surface area contributed by atoms with Crippen molar-refractivity contribution in [1.82, 2.24) is 5.32 Å². The molecule has 0 fully saturated rings. The molecule has 0 aliphatic rings. The minimum Gasteiger partial charge on any atom is -0.315 e. The third kappa shape index (κ3) is 6.98. The summed E-state index contributed by atoms with van der Waals surface area (Å²) in [7, 11) is 0. The van der Waals surface area contributed by atoms with Crippen molar-refractivity contribution in [1.29, 1.82) is 0 Å². The molecule has 1 nitrogen and oxygen atoms in total. The van der Waals surface area contributed by atoms with Crippen LogP contribution in [0.15, 0.2) is 0 Å². The molecule has 68 valence electrons. The molecule has 0 rings (SSSR count). The molecule has 0 aromatic rings. The lowest BCUT2D eigenvalue weighted by atomic mass is 9.97. The monoisotopic (exact) mass is 195 g/mol. The molecular weight excluding hydrogens is 178 g/mol. The highest BCUT2D eigenvalue weighted by atomic mass is 35.5. The van der Waals surface area contributed by atoms with Gasteiger partial charge in [0.2, 0.25) is 0 Å². The van der Waals surface area contributed by atoms with E-state index in [4.69, 9.17) is 11.6 Å². The van der Waals surface area contributed by atoms with Gasteiger partial charge in [0.15, 0.2) is 0 Å². The molecule has 3 heteroatoms. The molecule has 0 heterocycles. The molecular formula is C8H18ClNS. The Morgan fingerprint density at radius 3 is 2.55 bits per heavy atom. The summed E-state index contributed by atoms with van der Waals surface area (Å²) in [6, 6.07) is 0. The van der Waals surface area contributed by atoms with Gasteiger partial charge in [-0.25, -0.2) is 0 Å². The van der Waals surface area contributed by atoms with Crippen molar-refractivity contribution in [3.05, 3.63) is 0 Å². The van der Waals surface area contributed by atoms with Crippen molar-refractivity contribution >= 4 is 23.4 Å². The highest BCUT2D eigenvalue weighted by molar-refractivity contribution is 7.98. The van der Waals surface area contributed by atoms with Crippen LogP contribution in [0.3, 0.4) is 0 Å². The molecule has 0 aliphatic heterocycles. The molecule has 0 aromatic heterocycles. The van der Waals surface area contributed by atoms with Crippen molar-refractivity contribution in [2.75, 3.05) is 31.0 Å². The van der Waals surface area contributed by atoms with Crippen molar-refractivity contribution in [2.45, 2.75) is 13.8 Å². The number of hydrogen-bond acceptors (Lipinski definition) is 2. The van der Waals surface area contributed by atoms with Crippen molar-refractivity contribution in [2.24, 2.45) is 5.41 Å². The Balaban J connectivity index is 3.23. The maximum absolute atomic E-state index is 5.76. The minimum absolute atomic E-state index is 0.236. The molecule has 0 saturated heterocycles. The average molecular weight is 196 g/mol. The molecule has 0 spiro atoms. The van der Waals surface area contributed by atoms with E-state index in [-0.39, 0.29) is 5.41 Å². The smallest absolute Gasteiger partial charge is 0.0286 e. The van der Waals surface area contributed by atoms with Gasteiger partial charge < -0.3 is 5.32 Å². The fraction of sp³-hybridized carbons (Fsp3) is 1.00. The van der Waals surface area contributed by atoms with Gasteiger partial charge in [-0.3, -0.25) is 0 Å². The third-order valence-corrected chi connectivity index (χ3v) is 2.78. The Morgan fingerprint density at radius 2 is 2.09 bits per heavy atom. The molecule has 0 atom stereocenters. The number of rotatable bonds is 6. The van der Waals surface area contributed by atoms with E-state index in [1.165, 1.54) is 5.75 Å². The molecule has 0 saturated carbocycles. The Labute approximate surface area is 79.3 Å². The highest BCUT2D eigenvalue weighted by Crippen LogP contribution is 2.14. The summed E-state index contributed by atoms with van der Waals surface area (Å²) in [6.07, 6.45) is 2.12. The maximum atomic E-state index is 5.76. The summed E-state index contributed by atoms with van der Waals surface area (Å²) >= 11 is 7.63. The third-order valence-electron chi connectivity index (χ3n) is 1.45. The number of thioether (sulfide) groups is 1. The summed E-state index contributed by atoms with van der Waals surface area (Å²) in [5, 5.41) is 3.37. The maximum Gasteiger partial charge on any atom is 0.0286 e. The topological polar surface area (TPSA) is 12.0 Å². The molecule has 11 heavy (non-hydrogen) atoms. The summed E-state index contributed by atoms with van der Waals surface area (Å²) < 4.78 is 0. The second-order valence-electron chi connectivity index (χ2n) is 3.47. The highest BCUT2D eigenvalue weighted by Gasteiger charge is 2.14. The Bertz CT molecular complexity index is 96.1. The van der Waals surface area contributed by atoms with Crippen LogP contribution in [-0.4, -0.2) is 31.0 Å². The Kier molecular flexibility index (Phi) is 6.49. The minimum atomic E-state index is 0.236. The van der Waals surface area contributed by atoms with Gasteiger partial charge in [0.1, 0.15) is 0 Å². The number of hydrogen-bond donors (Lipinski definition) is 1. The second kappa shape index (κ2) is 6.15. The first-order chi connectivity index (χ1) is 5.12. The first kappa shape index (κ1) is 11.6. The largest absolute Gasteiger partial charge is 0.315 e. The zero-order chi connectivity index (χ0) is 8.74. The molecule has 0 radical (unpaired) electrons. The van der Waals surface area contributed by atoms with E-state index >= 15 is 0 Å². The normalized spacial score (nSPS) is 12.0. The fourth-order valence-electron chi connectivity index (χ4n) is 0.648. The van der Waals surface area contributed by atoms with Gasteiger partial charge in [0.05, 0.1) is 0 Å². The SMILES string of the molecule is CSCCNCC(C)(C)CCl. The molecule has 1 N–H and O–H groups in total. The van der Waals surface area contributed by atoms with E-state index in [0.717, 1.165) is 19.0 Å². The zero-order valence-corrected chi connectivity index (χ0v) is 9.19. The lowest BCUT2D eigenvalue weighted by molar-refractivity contribution is 0.391. The van der Waals surface area contributed by atoms with Crippen LogP contribution >= 0.6 is 23.4 Å². The van der Waals surface area contributed by atoms with E-state index < -0.39 is 0 Å². The second-order valence-corrected chi connectivity index (χ2v) is 4.72. The van der Waals surface area contributed by atoms with E-state index in [9.17, 15) is 0 Å². The Hall–Kier alpha value is 0.600. The van der Waals surface area contributed by atoms with Crippen molar-refractivity contribution in [3.8, 4) is 0 Å². The van der Waals surface area contributed by atoms with E-state index in [0.29, 0.717) is 0 Å². The van der Waals surface area contributed by atoms with Gasteiger partial charge in [-0.2, -0.15) is 11.8 Å². The van der Waals surface area contributed by atoms with E-state index in [2.05, 4.69) is 25.4 Å². The molecule has 0 bridgehead atoms. The molecule has 0 unspecified atom stereocenters. The van der Waals surface area contributed by atoms with Crippen LogP contribution in [0.2, 0.25) is 0 Å². The Morgan fingerprint density at radius 1 is 1.45 bits per heavy atom. The zero-order valence-electron chi connectivity index (χ0n) is 7.61. The van der Waals surface area contributed by atoms with Gasteiger partial charge in [0.25, 0.3) is 0 Å². The first-order valence-corrected chi connectivity index (χ1v) is 5.81. The summed E-state index contributed by atoms with van der Waals surface area (Å²) in [4.78, 5) is 0. The van der Waals surface area contributed by atoms with Gasteiger partial charge in [-0.15, -0.1) is 11.6 Å². The van der Waals surface area contributed by atoms with E-state index in [1.54, 1.807) is 0 Å². The first-order valence-electron chi connectivity index (χ1n) is 3.88. The van der Waals surface area contributed by atoms with Crippen molar-refractivity contribution < 1.29 is 0 Å². The fourth-order valence-corrected chi connectivity index (χ4v) is 1.09. The van der Waals surface area contributed by atoms with Gasteiger partial charge in [-0.05, 0) is 11.7 Å². The van der Waals surface area contributed by atoms with Crippen LogP contribution < -0.4 is 5.32 Å². The predicted octanol–water partition coefficient (Wildman–Crippen LogP) is 2.20. The van der Waals surface area contributed by atoms with Crippen LogP contribution in [0.5, 0.6) is 0 Å². The van der Waals surface area contributed by atoms with Crippen molar-refractivity contribution in [3.63, 3.8) is 0 Å². The lowest BCUT2D eigenvalue weighted by Crippen LogP contribution is -2.31. The standard InChI is InChI=1S/C8H18ClNS/c1-8(2,6-9)7-10-4-5-11-3/h10H,4-7H2,1-3H3.